The lowest BCUT2D eigenvalue weighted by molar-refractivity contribution is 0.173. The van der Waals surface area contributed by atoms with Gasteiger partial charge >= 0.3 is 7.12 Å². The van der Waals surface area contributed by atoms with Crippen LogP contribution in [0.5, 0.6) is 0 Å². The predicted molar refractivity (Wildman–Crippen MR) is 129 cm³/mol. The summed E-state index contributed by atoms with van der Waals surface area (Å²) in [5.41, 5.74) is 5.13. The van der Waals surface area contributed by atoms with Crippen molar-refractivity contribution in [2.45, 2.75) is 19.4 Å². The van der Waals surface area contributed by atoms with Gasteiger partial charge in [-0.1, -0.05) is 91.5 Å². The lowest BCUT2D eigenvalue weighted by Gasteiger charge is -2.15. The van der Waals surface area contributed by atoms with Crippen LogP contribution in [0.1, 0.15) is 13.8 Å². The van der Waals surface area contributed by atoms with E-state index in [0.717, 1.165) is 33.5 Å². The average molecular weight is 418 g/mol. The Kier molecular flexibility index (Phi) is 5.12. The van der Waals surface area contributed by atoms with Crippen molar-refractivity contribution in [2.24, 2.45) is 0 Å². The van der Waals surface area contributed by atoms with Crippen LogP contribution in [0.4, 0.5) is 0 Å². The van der Waals surface area contributed by atoms with Crippen molar-refractivity contribution in [3.05, 3.63) is 103 Å². The molecule has 1 aliphatic heterocycles. The summed E-state index contributed by atoms with van der Waals surface area (Å²) in [4.78, 5) is 9.80. The summed E-state index contributed by atoms with van der Waals surface area (Å²) in [6.07, 6.45) is 0. The predicted octanol–water partition coefficient (Wildman–Crippen LogP) is 5.51. The van der Waals surface area contributed by atoms with Gasteiger partial charge in [-0.15, -0.1) is 0 Å². The highest BCUT2D eigenvalue weighted by Gasteiger charge is 2.42. The Morgan fingerprint density at radius 2 is 1.28 bits per heavy atom. The van der Waals surface area contributed by atoms with Crippen LogP contribution in [0.3, 0.4) is 0 Å². The average Bonchev–Trinajstić information content (AvgIpc) is 3.12. The summed E-state index contributed by atoms with van der Waals surface area (Å²) in [5, 5.41) is 0. The molecular formula is C27H23BN2O2. The number of hydrogen-bond donors (Lipinski definition) is 0. The minimum atomic E-state index is -0.523. The maximum Gasteiger partial charge on any atom is 0.563 e. The van der Waals surface area contributed by atoms with Crippen LogP contribution in [0.15, 0.2) is 103 Å². The lowest BCUT2D eigenvalue weighted by atomic mass is 9.78. The zero-order valence-corrected chi connectivity index (χ0v) is 18.2. The Bertz CT molecular complexity index is 1220. The number of hydrogen-bond acceptors (Lipinski definition) is 4. The molecule has 4 aromatic rings. The van der Waals surface area contributed by atoms with Gasteiger partial charge in [-0.05, 0) is 25.4 Å². The van der Waals surface area contributed by atoms with E-state index in [1.807, 2.05) is 80.6 Å². The largest absolute Gasteiger partial charge is 0.563 e. The molecule has 1 aromatic heterocycles. The fraction of sp³-hybridized carbons (Fsp3) is 0.111. The molecule has 5 rings (SSSR count). The normalized spacial score (nSPS) is 14.9. The van der Waals surface area contributed by atoms with E-state index in [0.29, 0.717) is 11.6 Å². The molecule has 0 spiro atoms. The summed E-state index contributed by atoms with van der Waals surface area (Å²) in [6.45, 7) is 7.89. The van der Waals surface area contributed by atoms with Crippen molar-refractivity contribution >= 4 is 12.6 Å². The van der Waals surface area contributed by atoms with Crippen LogP contribution < -0.4 is 5.46 Å². The summed E-state index contributed by atoms with van der Waals surface area (Å²) in [6, 6.07) is 30.4. The molecule has 0 N–H and O–H groups in total. The van der Waals surface area contributed by atoms with Crippen LogP contribution in [-0.2, 0) is 9.31 Å². The number of nitrogens with zero attached hydrogens (tertiary/aromatic N) is 2. The summed E-state index contributed by atoms with van der Waals surface area (Å²) < 4.78 is 11.9. The highest BCUT2D eigenvalue weighted by atomic mass is 16.7. The maximum absolute atomic E-state index is 6.06. The second-order valence-corrected chi connectivity index (χ2v) is 8.32. The molecule has 0 radical (unpaired) electrons. The highest BCUT2D eigenvalue weighted by molar-refractivity contribution is 6.62. The molecule has 0 atom stereocenters. The Balaban J connectivity index is 1.60. The van der Waals surface area contributed by atoms with E-state index >= 15 is 0 Å². The zero-order valence-electron chi connectivity index (χ0n) is 18.2. The van der Waals surface area contributed by atoms with E-state index in [2.05, 4.69) is 30.8 Å². The van der Waals surface area contributed by atoms with Crippen molar-refractivity contribution < 1.29 is 9.31 Å². The van der Waals surface area contributed by atoms with Gasteiger partial charge in [-0.2, -0.15) is 0 Å². The first-order valence-electron chi connectivity index (χ1n) is 10.6. The van der Waals surface area contributed by atoms with Gasteiger partial charge in [0.15, 0.2) is 5.82 Å². The van der Waals surface area contributed by atoms with Gasteiger partial charge in [0.05, 0.1) is 17.1 Å². The van der Waals surface area contributed by atoms with E-state index in [-0.39, 0.29) is 0 Å². The first kappa shape index (κ1) is 20.2. The van der Waals surface area contributed by atoms with E-state index in [1.54, 1.807) is 0 Å². The minimum Gasteiger partial charge on any atom is -0.534 e. The third kappa shape index (κ3) is 3.95. The van der Waals surface area contributed by atoms with E-state index in [4.69, 9.17) is 19.3 Å². The van der Waals surface area contributed by atoms with E-state index in [9.17, 15) is 0 Å². The van der Waals surface area contributed by atoms with Crippen molar-refractivity contribution in [1.29, 1.82) is 0 Å². The standard InChI is InChI=1S/C27H23BN2O2/c1-19-27(2,3)32-28(31-19)23-16-10-15-22(17-23)26-29-24(20-11-6-4-7-12-20)18-25(30-26)21-13-8-5-9-14-21/h4-18H,1H2,2-3H3. The molecule has 0 bridgehead atoms. The van der Waals surface area contributed by atoms with Crippen LogP contribution in [-0.4, -0.2) is 22.7 Å². The van der Waals surface area contributed by atoms with Crippen molar-refractivity contribution in [3.8, 4) is 33.9 Å². The molecule has 32 heavy (non-hydrogen) atoms. The Hall–Kier alpha value is -3.70. The van der Waals surface area contributed by atoms with E-state index < -0.39 is 12.7 Å². The second kappa shape index (κ2) is 8.10. The van der Waals surface area contributed by atoms with Crippen LogP contribution >= 0.6 is 0 Å². The Morgan fingerprint density at radius 1 is 0.719 bits per heavy atom. The van der Waals surface area contributed by atoms with E-state index in [1.165, 1.54) is 0 Å². The van der Waals surface area contributed by atoms with Gasteiger partial charge in [-0.3, -0.25) is 0 Å². The number of aromatic nitrogens is 2. The maximum atomic E-state index is 6.06. The third-order valence-corrected chi connectivity index (χ3v) is 5.60. The van der Waals surface area contributed by atoms with Gasteiger partial charge in [0.25, 0.3) is 0 Å². The highest BCUT2D eigenvalue weighted by Crippen LogP contribution is 2.30. The van der Waals surface area contributed by atoms with Gasteiger partial charge in [-0.25, -0.2) is 9.97 Å². The smallest absolute Gasteiger partial charge is 0.534 e. The molecule has 0 saturated carbocycles. The fourth-order valence-corrected chi connectivity index (χ4v) is 3.68. The van der Waals surface area contributed by atoms with Crippen molar-refractivity contribution in [1.82, 2.24) is 9.97 Å². The van der Waals surface area contributed by atoms with Gasteiger partial charge in [0, 0.05) is 16.7 Å². The molecule has 156 valence electrons. The molecule has 1 aliphatic rings. The van der Waals surface area contributed by atoms with Crippen molar-refractivity contribution in [2.75, 3.05) is 0 Å². The molecule has 0 amide bonds. The fourth-order valence-electron chi connectivity index (χ4n) is 3.68. The monoisotopic (exact) mass is 418 g/mol. The van der Waals surface area contributed by atoms with Gasteiger partial charge < -0.3 is 9.31 Å². The minimum absolute atomic E-state index is 0.497. The molecule has 0 unspecified atom stereocenters. The Labute approximate surface area is 188 Å². The van der Waals surface area contributed by atoms with Gasteiger partial charge in [0.2, 0.25) is 0 Å². The summed E-state index contributed by atoms with van der Waals surface area (Å²) in [7, 11) is -0.497. The molecule has 0 aliphatic carbocycles. The number of rotatable bonds is 4. The lowest BCUT2D eigenvalue weighted by Crippen LogP contribution is -2.34. The third-order valence-electron chi connectivity index (χ3n) is 5.60. The molecule has 1 saturated heterocycles. The quantitative estimate of drug-likeness (QED) is 0.410. The van der Waals surface area contributed by atoms with Crippen LogP contribution in [0.25, 0.3) is 33.9 Å². The first-order chi connectivity index (χ1) is 15.5. The molecular weight excluding hydrogens is 395 g/mol. The SMILES string of the molecule is C=C1OB(c2cccc(-c3nc(-c4ccccc4)cc(-c4ccccc4)n3)c2)OC1(C)C. The summed E-state index contributed by atoms with van der Waals surface area (Å²) >= 11 is 0. The van der Waals surface area contributed by atoms with Crippen molar-refractivity contribution in [3.63, 3.8) is 0 Å². The van der Waals surface area contributed by atoms with Gasteiger partial charge in [0.1, 0.15) is 5.60 Å². The zero-order chi connectivity index (χ0) is 22.1. The molecule has 4 nitrogen and oxygen atoms in total. The molecule has 2 heterocycles. The number of benzene rings is 3. The second-order valence-electron chi connectivity index (χ2n) is 8.32. The first-order valence-corrected chi connectivity index (χ1v) is 10.6. The molecule has 1 fully saturated rings. The Morgan fingerprint density at radius 3 is 1.81 bits per heavy atom. The topological polar surface area (TPSA) is 44.2 Å². The van der Waals surface area contributed by atoms with Crippen LogP contribution in [0, 0.1) is 0 Å². The summed E-state index contributed by atoms with van der Waals surface area (Å²) in [5.74, 6) is 1.28. The van der Waals surface area contributed by atoms with Crippen LogP contribution in [0.2, 0.25) is 0 Å². The molecule has 3 aromatic carbocycles. The molecule has 5 heteroatoms.